The monoisotopic (exact) mass is 209 g/mol. The van der Waals surface area contributed by atoms with Crippen LogP contribution in [0.4, 0.5) is 0 Å². The summed E-state index contributed by atoms with van der Waals surface area (Å²) >= 11 is 0. The van der Waals surface area contributed by atoms with Crippen molar-refractivity contribution in [1.29, 1.82) is 0 Å². The van der Waals surface area contributed by atoms with Crippen LogP contribution in [0.3, 0.4) is 0 Å². The Bertz CT molecular complexity index is 640. The zero-order valence-corrected chi connectivity index (χ0v) is 8.96. The van der Waals surface area contributed by atoms with Gasteiger partial charge < -0.3 is 0 Å². The first-order valence-electron chi connectivity index (χ1n) is 5.20. The number of rotatable bonds is 1. The predicted molar refractivity (Wildman–Crippen MR) is 63.2 cm³/mol. The number of nitrogens with zero attached hydrogens (tertiary/aromatic N) is 3. The van der Waals surface area contributed by atoms with Gasteiger partial charge in [-0.15, -0.1) is 0 Å². The van der Waals surface area contributed by atoms with Gasteiger partial charge in [0, 0.05) is 24.2 Å². The van der Waals surface area contributed by atoms with Crippen LogP contribution < -0.4 is 0 Å². The van der Waals surface area contributed by atoms with E-state index in [-0.39, 0.29) is 0 Å². The van der Waals surface area contributed by atoms with Gasteiger partial charge in [-0.3, -0.25) is 0 Å². The molecular formula is C13H11N3. The predicted octanol–water partition coefficient (Wildman–Crippen LogP) is 2.70. The van der Waals surface area contributed by atoms with Crippen molar-refractivity contribution in [1.82, 2.24) is 14.6 Å². The molecule has 0 atom stereocenters. The molecule has 16 heavy (non-hydrogen) atoms. The third-order valence-corrected chi connectivity index (χ3v) is 2.73. The van der Waals surface area contributed by atoms with Crippen molar-refractivity contribution in [3.05, 3.63) is 54.5 Å². The summed E-state index contributed by atoms with van der Waals surface area (Å²) in [5.41, 5.74) is 4.48. The SMILES string of the molecule is Cc1ccccc1-c1ccnn2ccnc12. The zero-order chi connectivity index (χ0) is 11.0. The van der Waals surface area contributed by atoms with Gasteiger partial charge in [-0.05, 0) is 24.1 Å². The standard InChI is InChI=1S/C13H11N3/c1-10-4-2-3-5-11(10)12-6-7-15-16-9-8-14-13(12)16/h2-9H,1H3. The van der Waals surface area contributed by atoms with Gasteiger partial charge >= 0.3 is 0 Å². The molecule has 3 heteroatoms. The number of aryl methyl sites for hydroxylation is 1. The second-order valence-corrected chi connectivity index (χ2v) is 3.76. The van der Waals surface area contributed by atoms with E-state index in [0.717, 1.165) is 11.2 Å². The van der Waals surface area contributed by atoms with Crippen molar-refractivity contribution >= 4 is 5.65 Å². The minimum Gasteiger partial charge on any atom is -0.235 e. The number of imidazole rings is 1. The minimum absolute atomic E-state index is 0.900. The fourth-order valence-electron chi connectivity index (χ4n) is 1.92. The normalized spacial score (nSPS) is 10.8. The Kier molecular flexibility index (Phi) is 1.96. The van der Waals surface area contributed by atoms with Crippen molar-refractivity contribution in [3.63, 3.8) is 0 Å². The summed E-state index contributed by atoms with van der Waals surface area (Å²) in [6.07, 6.45) is 5.43. The minimum atomic E-state index is 0.900. The Balaban J connectivity index is 2.34. The summed E-state index contributed by atoms with van der Waals surface area (Å²) in [5.74, 6) is 0. The van der Waals surface area contributed by atoms with Crippen molar-refractivity contribution in [2.45, 2.75) is 6.92 Å². The van der Waals surface area contributed by atoms with E-state index >= 15 is 0 Å². The lowest BCUT2D eigenvalue weighted by Gasteiger charge is -2.06. The van der Waals surface area contributed by atoms with Gasteiger partial charge in [-0.25, -0.2) is 9.50 Å². The smallest absolute Gasteiger partial charge is 0.161 e. The summed E-state index contributed by atoms with van der Waals surface area (Å²) < 4.78 is 1.79. The van der Waals surface area contributed by atoms with Crippen LogP contribution in [0.2, 0.25) is 0 Å². The highest BCUT2D eigenvalue weighted by molar-refractivity contribution is 5.78. The first-order chi connectivity index (χ1) is 7.86. The van der Waals surface area contributed by atoms with E-state index in [0.29, 0.717) is 0 Å². The van der Waals surface area contributed by atoms with Crippen LogP contribution in [0.25, 0.3) is 16.8 Å². The second kappa shape index (κ2) is 3.45. The van der Waals surface area contributed by atoms with Gasteiger partial charge in [0.05, 0.1) is 0 Å². The molecule has 0 radical (unpaired) electrons. The van der Waals surface area contributed by atoms with Gasteiger partial charge in [-0.2, -0.15) is 5.10 Å². The molecule has 0 amide bonds. The summed E-state index contributed by atoms with van der Waals surface area (Å²) in [6, 6.07) is 10.3. The average molecular weight is 209 g/mol. The largest absolute Gasteiger partial charge is 0.235 e. The number of aromatic nitrogens is 3. The number of benzene rings is 1. The number of hydrogen-bond donors (Lipinski definition) is 0. The van der Waals surface area contributed by atoms with Gasteiger partial charge in [0.2, 0.25) is 0 Å². The molecule has 0 aliphatic carbocycles. The molecule has 3 rings (SSSR count). The Labute approximate surface area is 93.4 Å². The number of fused-ring (bicyclic) bond motifs is 1. The molecule has 0 aliphatic rings. The molecule has 1 aromatic carbocycles. The van der Waals surface area contributed by atoms with E-state index in [2.05, 4.69) is 29.1 Å². The topological polar surface area (TPSA) is 30.2 Å². The fraction of sp³-hybridized carbons (Fsp3) is 0.0769. The zero-order valence-electron chi connectivity index (χ0n) is 8.96. The molecule has 0 saturated heterocycles. The van der Waals surface area contributed by atoms with Crippen LogP contribution >= 0.6 is 0 Å². The van der Waals surface area contributed by atoms with E-state index in [4.69, 9.17) is 0 Å². The quantitative estimate of drug-likeness (QED) is 0.616. The lowest BCUT2D eigenvalue weighted by Crippen LogP contribution is -1.93. The Hall–Kier alpha value is -2.16. The molecular weight excluding hydrogens is 198 g/mol. The summed E-state index contributed by atoms with van der Waals surface area (Å²) in [5, 5.41) is 4.21. The van der Waals surface area contributed by atoms with E-state index < -0.39 is 0 Å². The van der Waals surface area contributed by atoms with Gasteiger partial charge in [0.15, 0.2) is 5.65 Å². The maximum atomic E-state index is 4.34. The molecule has 3 aromatic rings. The molecule has 0 N–H and O–H groups in total. The molecule has 2 aromatic heterocycles. The molecule has 3 nitrogen and oxygen atoms in total. The molecule has 0 unspecified atom stereocenters. The highest BCUT2D eigenvalue weighted by Gasteiger charge is 2.07. The maximum absolute atomic E-state index is 4.34. The Morgan fingerprint density at radius 1 is 1.00 bits per heavy atom. The third-order valence-electron chi connectivity index (χ3n) is 2.73. The third kappa shape index (κ3) is 1.29. The first kappa shape index (κ1) is 9.09. The van der Waals surface area contributed by atoms with Crippen molar-refractivity contribution in [2.75, 3.05) is 0 Å². The van der Waals surface area contributed by atoms with Crippen LogP contribution in [0.15, 0.2) is 48.9 Å². The fourth-order valence-corrected chi connectivity index (χ4v) is 1.92. The van der Waals surface area contributed by atoms with Crippen LogP contribution in [0, 0.1) is 6.92 Å². The van der Waals surface area contributed by atoms with E-state index in [1.807, 2.05) is 24.4 Å². The highest BCUT2D eigenvalue weighted by atomic mass is 15.2. The lowest BCUT2D eigenvalue weighted by molar-refractivity contribution is 0.937. The molecule has 0 saturated carbocycles. The second-order valence-electron chi connectivity index (χ2n) is 3.76. The summed E-state index contributed by atoms with van der Waals surface area (Å²) in [6.45, 7) is 2.11. The van der Waals surface area contributed by atoms with Gasteiger partial charge in [0.25, 0.3) is 0 Å². The first-order valence-corrected chi connectivity index (χ1v) is 5.20. The Morgan fingerprint density at radius 3 is 2.75 bits per heavy atom. The van der Waals surface area contributed by atoms with Gasteiger partial charge in [-0.1, -0.05) is 24.3 Å². The van der Waals surface area contributed by atoms with Crippen LogP contribution in [-0.4, -0.2) is 14.6 Å². The molecule has 0 fully saturated rings. The van der Waals surface area contributed by atoms with Crippen LogP contribution in [0.1, 0.15) is 5.56 Å². The van der Waals surface area contributed by atoms with E-state index in [1.165, 1.54) is 11.1 Å². The summed E-state index contributed by atoms with van der Waals surface area (Å²) in [7, 11) is 0. The van der Waals surface area contributed by atoms with E-state index in [1.54, 1.807) is 16.9 Å². The molecule has 0 spiro atoms. The molecule has 2 heterocycles. The summed E-state index contributed by atoms with van der Waals surface area (Å²) in [4.78, 5) is 4.34. The highest BCUT2D eigenvalue weighted by Crippen LogP contribution is 2.25. The van der Waals surface area contributed by atoms with Crippen LogP contribution in [0.5, 0.6) is 0 Å². The van der Waals surface area contributed by atoms with Crippen molar-refractivity contribution in [3.8, 4) is 11.1 Å². The Morgan fingerprint density at radius 2 is 1.88 bits per heavy atom. The number of hydrogen-bond acceptors (Lipinski definition) is 2. The van der Waals surface area contributed by atoms with Crippen LogP contribution in [-0.2, 0) is 0 Å². The molecule has 0 bridgehead atoms. The lowest BCUT2D eigenvalue weighted by atomic mass is 10.0. The average Bonchev–Trinajstić information content (AvgIpc) is 2.77. The van der Waals surface area contributed by atoms with E-state index in [9.17, 15) is 0 Å². The van der Waals surface area contributed by atoms with Crippen molar-refractivity contribution < 1.29 is 0 Å². The van der Waals surface area contributed by atoms with Gasteiger partial charge in [0.1, 0.15) is 0 Å². The molecule has 0 aliphatic heterocycles. The molecule has 78 valence electrons. The maximum Gasteiger partial charge on any atom is 0.161 e. The van der Waals surface area contributed by atoms with Crippen molar-refractivity contribution in [2.24, 2.45) is 0 Å².